The van der Waals surface area contributed by atoms with Crippen LogP contribution in [0.15, 0.2) is 0 Å². The van der Waals surface area contributed by atoms with Crippen LogP contribution >= 0.6 is 0 Å². The molecule has 0 bridgehead atoms. The SMILES string of the molecule is C#C[C@@H](CC)[C@H](C)C(=O)O. The molecule has 0 radical (unpaired) electrons. The smallest absolute Gasteiger partial charge is 0.307 e. The lowest BCUT2D eigenvalue weighted by molar-refractivity contribution is -0.142. The zero-order chi connectivity index (χ0) is 8.15. The first-order chi connectivity index (χ1) is 4.63. The number of carboxylic acid groups (broad SMARTS) is 1. The van der Waals surface area contributed by atoms with Gasteiger partial charge in [-0.2, -0.15) is 0 Å². The molecule has 0 spiro atoms. The van der Waals surface area contributed by atoms with Crippen molar-refractivity contribution in [2.75, 3.05) is 0 Å². The molecule has 0 fully saturated rings. The molecule has 0 saturated heterocycles. The van der Waals surface area contributed by atoms with E-state index in [2.05, 4.69) is 5.92 Å². The van der Waals surface area contributed by atoms with Crippen molar-refractivity contribution in [3.63, 3.8) is 0 Å². The Labute approximate surface area is 61.2 Å². The third-order valence-electron chi connectivity index (χ3n) is 1.65. The number of carbonyl (C=O) groups is 1. The fourth-order valence-electron chi connectivity index (χ4n) is 0.788. The minimum atomic E-state index is -0.815. The van der Waals surface area contributed by atoms with Gasteiger partial charge in [0.05, 0.1) is 5.92 Å². The van der Waals surface area contributed by atoms with Crippen molar-refractivity contribution in [2.45, 2.75) is 20.3 Å². The van der Waals surface area contributed by atoms with E-state index in [4.69, 9.17) is 11.5 Å². The van der Waals surface area contributed by atoms with E-state index in [1.165, 1.54) is 0 Å². The Morgan fingerprint density at radius 1 is 1.80 bits per heavy atom. The second-order valence-electron chi connectivity index (χ2n) is 2.31. The molecule has 1 N–H and O–H groups in total. The van der Waals surface area contributed by atoms with Crippen LogP contribution in [0.1, 0.15) is 20.3 Å². The van der Waals surface area contributed by atoms with Crippen LogP contribution < -0.4 is 0 Å². The highest BCUT2D eigenvalue weighted by Crippen LogP contribution is 2.13. The fourth-order valence-corrected chi connectivity index (χ4v) is 0.788. The number of hydrogen-bond donors (Lipinski definition) is 1. The number of carboxylic acids is 1. The average molecular weight is 140 g/mol. The lowest BCUT2D eigenvalue weighted by atomic mass is 9.93. The Morgan fingerprint density at radius 2 is 2.30 bits per heavy atom. The zero-order valence-electron chi connectivity index (χ0n) is 6.29. The van der Waals surface area contributed by atoms with E-state index >= 15 is 0 Å². The topological polar surface area (TPSA) is 37.3 Å². The van der Waals surface area contributed by atoms with Crippen LogP contribution in [-0.2, 0) is 4.79 Å². The van der Waals surface area contributed by atoms with Gasteiger partial charge in [-0.05, 0) is 6.42 Å². The van der Waals surface area contributed by atoms with Gasteiger partial charge >= 0.3 is 5.97 Å². The van der Waals surface area contributed by atoms with Crippen LogP contribution in [0.5, 0.6) is 0 Å². The summed E-state index contributed by atoms with van der Waals surface area (Å²) in [5.41, 5.74) is 0. The first-order valence-corrected chi connectivity index (χ1v) is 3.32. The van der Waals surface area contributed by atoms with Crippen LogP contribution in [0.3, 0.4) is 0 Å². The normalized spacial score (nSPS) is 15.3. The van der Waals surface area contributed by atoms with Gasteiger partial charge in [-0.25, -0.2) is 0 Å². The quantitative estimate of drug-likeness (QED) is 0.601. The Kier molecular flexibility index (Phi) is 3.56. The Hall–Kier alpha value is -0.970. The minimum Gasteiger partial charge on any atom is -0.481 e. The van der Waals surface area contributed by atoms with Crippen LogP contribution in [0, 0.1) is 24.2 Å². The number of terminal acetylenes is 1. The first-order valence-electron chi connectivity index (χ1n) is 3.32. The summed E-state index contributed by atoms with van der Waals surface area (Å²) in [5.74, 6) is 1.09. The summed E-state index contributed by atoms with van der Waals surface area (Å²) in [7, 11) is 0. The van der Waals surface area contributed by atoms with Crippen molar-refractivity contribution < 1.29 is 9.90 Å². The highest BCUT2D eigenvalue weighted by atomic mass is 16.4. The maximum Gasteiger partial charge on any atom is 0.307 e. The molecule has 0 saturated carbocycles. The third kappa shape index (κ3) is 2.10. The predicted molar refractivity (Wildman–Crippen MR) is 39.4 cm³/mol. The molecule has 0 amide bonds. The number of aliphatic carboxylic acids is 1. The molecule has 0 aromatic carbocycles. The Balaban J connectivity index is 4.05. The molecule has 0 aliphatic heterocycles. The third-order valence-corrected chi connectivity index (χ3v) is 1.65. The van der Waals surface area contributed by atoms with Gasteiger partial charge in [0.1, 0.15) is 0 Å². The molecule has 0 aliphatic rings. The fraction of sp³-hybridized carbons (Fsp3) is 0.625. The molecule has 2 heteroatoms. The van der Waals surface area contributed by atoms with Crippen LogP contribution in [0.4, 0.5) is 0 Å². The maximum atomic E-state index is 10.4. The molecule has 0 aromatic rings. The van der Waals surface area contributed by atoms with E-state index in [9.17, 15) is 4.79 Å². The van der Waals surface area contributed by atoms with Crippen molar-refractivity contribution in [3.8, 4) is 12.3 Å². The average Bonchev–Trinajstić information content (AvgIpc) is 1.90. The summed E-state index contributed by atoms with van der Waals surface area (Å²) in [6.07, 6.45) is 5.83. The molecule has 10 heavy (non-hydrogen) atoms. The van der Waals surface area contributed by atoms with E-state index < -0.39 is 11.9 Å². The van der Waals surface area contributed by atoms with Gasteiger partial charge in [-0.1, -0.05) is 13.8 Å². The maximum absolute atomic E-state index is 10.4. The molecule has 0 unspecified atom stereocenters. The summed E-state index contributed by atoms with van der Waals surface area (Å²) in [6.45, 7) is 3.53. The Bertz CT molecular complexity index is 155. The summed E-state index contributed by atoms with van der Waals surface area (Å²) >= 11 is 0. The molecule has 0 heterocycles. The number of rotatable bonds is 3. The van der Waals surface area contributed by atoms with Crippen molar-refractivity contribution in [1.82, 2.24) is 0 Å². The van der Waals surface area contributed by atoms with E-state index in [-0.39, 0.29) is 5.92 Å². The van der Waals surface area contributed by atoms with Gasteiger partial charge in [0.25, 0.3) is 0 Å². The molecule has 2 nitrogen and oxygen atoms in total. The van der Waals surface area contributed by atoms with E-state index in [1.807, 2.05) is 6.92 Å². The largest absolute Gasteiger partial charge is 0.481 e. The van der Waals surface area contributed by atoms with Gasteiger partial charge in [-0.3, -0.25) is 4.79 Å². The lowest BCUT2D eigenvalue weighted by Crippen LogP contribution is -2.18. The van der Waals surface area contributed by atoms with Crippen LogP contribution in [0.25, 0.3) is 0 Å². The van der Waals surface area contributed by atoms with Crippen molar-refractivity contribution in [3.05, 3.63) is 0 Å². The van der Waals surface area contributed by atoms with Crippen molar-refractivity contribution >= 4 is 5.97 Å². The molecule has 56 valence electrons. The van der Waals surface area contributed by atoms with Crippen LogP contribution in [0.2, 0.25) is 0 Å². The van der Waals surface area contributed by atoms with Crippen molar-refractivity contribution in [1.29, 1.82) is 0 Å². The molecule has 2 atom stereocenters. The summed E-state index contributed by atoms with van der Waals surface area (Å²) in [4.78, 5) is 10.4. The lowest BCUT2D eigenvalue weighted by Gasteiger charge is -2.11. The van der Waals surface area contributed by atoms with Gasteiger partial charge in [0.15, 0.2) is 0 Å². The highest BCUT2D eigenvalue weighted by Gasteiger charge is 2.19. The highest BCUT2D eigenvalue weighted by molar-refractivity contribution is 5.70. The predicted octanol–water partition coefficient (Wildman–Crippen LogP) is 1.37. The second kappa shape index (κ2) is 3.94. The summed E-state index contributed by atoms with van der Waals surface area (Å²) < 4.78 is 0. The molecule has 0 aromatic heterocycles. The monoisotopic (exact) mass is 140 g/mol. The zero-order valence-corrected chi connectivity index (χ0v) is 6.29. The summed E-state index contributed by atoms with van der Waals surface area (Å²) in [5, 5.41) is 8.52. The Morgan fingerprint density at radius 3 is 2.40 bits per heavy atom. The molecular formula is C8H12O2. The molecular weight excluding hydrogens is 128 g/mol. The standard InChI is InChI=1S/C8H12O2/c1-4-7(5-2)6(3)8(9)10/h1,6-7H,5H2,2-3H3,(H,9,10)/t6-,7-/m0/s1. The van der Waals surface area contributed by atoms with Crippen molar-refractivity contribution in [2.24, 2.45) is 11.8 Å². The second-order valence-corrected chi connectivity index (χ2v) is 2.31. The van der Waals surface area contributed by atoms with Gasteiger partial charge < -0.3 is 5.11 Å². The number of hydrogen-bond acceptors (Lipinski definition) is 1. The van der Waals surface area contributed by atoms with E-state index in [0.717, 1.165) is 6.42 Å². The molecule has 0 aliphatic carbocycles. The van der Waals surface area contributed by atoms with Gasteiger partial charge in [0.2, 0.25) is 0 Å². The first kappa shape index (κ1) is 9.03. The summed E-state index contributed by atoms with van der Waals surface area (Å²) in [6, 6.07) is 0. The van der Waals surface area contributed by atoms with Gasteiger partial charge in [-0.15, -0.1) is 12.3 Å². The van der Waals surface area contributed by atoms with Gasteiger partial charge in [0, 0.05) is 5.92 Å². The molecule has 0 rings (SSSR count). The van der Waals surface area contributed by atoms with Crippen LogP contribution in [-0.4, -0.2) is 11.1 Å². The minimum absolute atomic E-state index is 0.127. The van der Waals surface area contributed by atoms with E-state index in [1.54, 1.807) is 6.92 Å². The van der Waals surface area contributed by atoms with E-state index in [0.29, 0.717) is 0 Å².